The number of carbonyl (C=O) groups is 1. The number of thioether (sulfide) groups is 1. The Morgan fingerprint density at radius 1 is 1.15 bits per heavy atom. The summed E-state index contributed by atoms with van der Waals surface area (Å²) in [5.41, 5.74) is 4.02. The van der Waals surface area contributed by atoms with Crippen molar-refractivity contribution in [2.24, 2.45) is 0 Å². The Kier molecular flexibility index (Phi) is 5.84. The number of hydrogen-bond acceptors (Lipinski definition) is 3. The molecule has 1 unspecified atom stereocenters. The molecule has 2 aromatic carbocycles. The predicted octanol–water partition coefficient (Wildman–Crippen LogP) is 6.01. The van der Waals surface area contributed by atoms with Crippen molar-refractivity contribution in [1.29, 1.82) is 0 Å². The third-order valence-corrected chi connectivity index (χ3v) is 5.76. The van der Waals surface area contributed by atoms with Gasteiger partial charge in [0.15, 0.2) is 0 Å². The molecule has 1 N–H and O–H groups in total. The molecule has 0 saturated carbocycles. The zero-order valence-electron chi connectivity index (χ0n) is 15.0. The van der Waals surface area contributed by atoms with E-state index in [1.165, 1.54) is 17.3 Å². The summed E-state index contributed by atoms with van der Waals surface area (Å²) in [5, 5.41) is 5.36. The first-order valence-electron chi connectivity index (χ1n) is 8.58. The summed E-state index contributed by atoms with van der Waals surface area (Å²) >= 11 is 7.49. The lowest BCUT2D eigenvalue weighted by atomic mass is 10.1. The Labute approximate surface area is 163 Å². The molecular formula is C21H21ClN2OS. The van der Waals surface area contributed by atoms with Gasteiger partial charge < -0.3 is 5.32 Å². The summed E-state index contributed by atoms with van der Waals surface area (Å²) in [6, 6.07) is 15.4. The second-order valence-electron chi connectivity index (χ2n) is 6.26. The van der Waals surface area contributed by atoms with E-state index in [0.717, 1.165) is 21.5 Å². The maximum atomic E-state index is 12.7. The molecule has 0 radical (unpaired) electrons. The third kappa shape index (κ3) is 4.19. The summed E-state index contributed by atoms with van der Waals surface area (Å²) < 4.78 is 0. The number of hydrogen-bond donors (Lipinski definition) is 1. The zero-order chi connectivity index (χ0) is 18.7. The maximum Gasteiger partial charge on any atom is 0.237 e. The second kappa shape index (κ2) is 8.11. The molecule has 0 saturated heterocycles. The van der Waals surface area contributed by atoms with Crippen molar-refractivity contribution in [3.63, 3.8) is 0 Å². The number of para-hydroxylation sites is 1. The summed E-state index contributed by atoms with van der Waals surface area (Å²) in [6.45, 7) is 6.15. The van der Waals surface area contributed by atoms with Gasteiger partial charge in [0, 0.05) is 16.1 Å². The molecule has 0 bridgehead atoms. The highest BCUT2D eigenvalue weighted by Gasteiger charge is 2.19. The van der Waals surface area contributed by atoms with Crippen LogP contribution in [-0.4, -0.2) is 16.1 Å². The van der Waals surface area contributed by atoms with Gasteiger partial charge in [0.2, 0.25) is 5.91 Å². The number of rotatable bonds is 5. The molecule has 3 aromatic rings. The molecule has 0 spiro atoms. The Bertz CT molecular complexity index is 958. The highest BCUT2D eigenvalue weighted by atomic mass is 35.5. The zero-order valence-corrected chi connectivity index (χ0v) is 16.6. The molecule has 5 heteroatoms. The second-order valence-corrected chi connectivity index (χ2v) is 7.92. The average molecular weight is 385 g/mol. The number of anilines is 1. The van der Waals surface area contributed by atoms with Gasteiger partial charge in [0.05, 0.1) is 15.8 Å². The summed E-state index contributed by atoms with van der Waals surface area (Å²) in [4.78, 5) is 17.5. The number of halogens is 1. The van der Waals surface area contributed by atoms with Gasteiger partial charge in [-0.2, -0.15) is 0 Å². The first kappa shape index (κ1) is 18.7. The largest absolute Gasteiger partial charge is 0.325 e. The molecule has 3 nitrogen and oxygen atoms in total. The van der Waals surface area contributed by atoms with Gasteiger partial charge in [-0.15, -0.1) is 0 Å². The lowest BCUT2D eigenvalue weighted by molar-refractivity contribution is -0.115. The van der Waals surface area contributed by atoms with E-state index in [-0.39, 0.29) is 11.2 Å². The number of amides is 1. The van der Waals surface area contributed by atoms with E-state index < -0.39 is 0 Å². The molecule has 0 aliphatic rings. The number of nitrogens with one attached hydrogen (secondary N) is 1. The van der Waals surface area contributed by atoms with Crippen LogP contribution in [0.1, 0.15) is 24.5 Å². The van der Waals surface area contributed by atoms with Gasteiger partial charge in [0.25, 0.3) is 0 Å². The molecular weight excluding hydrogens is 364 g/mol. The van der Waals surface area contributed by atoms with E-state index in [0.29, 0.717) is 17.1 Å². The lowest BCUT2D eigenvalue weighted by Crippen LogP contribution is -2.24. The van der Waals surface area contributed by atoms with Crippen LogP contribution in [0.15, 0.2) is 53.6 Å². The number of pyridine rings is 1. The van der Waals surface area contributed by atoms with Crippen molar-refractivity contribution in [2.75, 3.05) is 5.32 Å². The quantitative estimate of drug-likeness (QED) is 0.547. The van der Waals surface area contributed by atoms with Crippen molar-refractivity contribution in [3.8, 4) is 0 Å². The molecule has 1 aromatic heterocycles. The van der Waals surface area contributed by atoms with Crippen molar-refractivity contribution in [1.82, 2.24) is 4.98 Å². The SMILES string of the molecule is CCC(Sc1cc(C)c2cccc(C)c2n1)C(=O)Nc1cccc(Cl)c1. The molecule has 3 rings (SSSR count). The van der Waals surface area contributed by atoms with Crippen LogP contribution in [0.2, 0.25) is 5.02 Å². The van der Waals surface area contributed by atoms with Crippen LogP contribution in [0.5, 0.6) is 0 Å². The van der Waals surface area contributed by atoms with Crippen LogP contribution in [0, 0.1) is 13.8 Å². The minimum atomic E-state index is -0.220. The number of nitrogens with zero attached hydrogens (tertiary/aromatic N) is 1. The average Bonchev–Trinajstić information content (AvgIpc) is 2.60. The fourth-order valence-corrected chi connectivity index (χ4v) is 4.05. The van der Waals surface area contributed by atoms with Crippen LogP contribution < -0.4 is 5.32 Å². The standard InChI is InChI=1S/C21H21ClN2OS/c1-4-18(21(25)23-16-9-6-8-15(22)12-16)26-19-11-14(3)17-10-5-7-13(2)20(17)24-19/h5-12,18H,4H2,1-3H3,(H,23,25). The Hall–Kier alpha value is -2.04. The minimum absolute atomic E-state index is 0.0379. The van der Waals surface area contributed by atoms with Gasteiger partial charge >= 0.3 is 0 Å². The number of fused-ring (bicyclic) bond motifs is 1. The smallest absolute Gasteiger partial charge is 0.237 e. The molecule has 134 valence electrons. The fourth-order valence-electron chi connectivity index (χ4n) is 2.85. The number of aromatic nitrogens is 1. The first-order chi connectivity index (χ1) is 12.5. The van der Waals surface area contributed by atoms with Crippen LogP contribution in [0.3, 0.4) is 0 Å². The van der Waals surface area contributed by atoms with E-state index in [2.05, 4.69) is 37.4 Å². The van der Waals surface area contributed by atoms with E-state index in [4.69, 9.17) is 16.6 Å². The maximum absolute atomic E-state index is 12.7. The minimum Gasteiger partial charge on any atom is -0.325 e. The monoisotopic (exact) mass is 384 g/mol. The number of aryl methyl sites for hydroxylation is 2. The van der Waals surface area contributed by atoms with Crippen LogP contribution in [0.25, 0.3) is 10.9 Å². The molecule has 1 heterocycles. The number of benzene rings is 2. The molecule has 26 heavy (non-hydrogen) atoms. The molecule has 1 amide bonds. The summed E-state index contributed by atoms with van der Waals surface area (Å²) in [6.07, 6.45) is 0.712. The predicted molar refractivity (Wildman–Crippen MR) is 111 cm³/mol. The topological polar surface area (TPSA) is 42.0 Å². The molecule has 0 aliphatic carbocycles. The Morgan fingerprint density at radius 3 is 2.65 bits per heavy atom. The van der Waals surface area contributed by atoms with Crippen molar-refractivity contribution >= 4 is 45.9 Å². The van der Waals surface area contributed by atoms with E-state index >= 15 is 0 Å². The Balaban J connectivity index is 1.82. The highest BCUT2D eigenvalue weighted by Crippen LogP contribution is 2.30. The van der Waals surface area contributed by atoms with Crippen LogP contribution in [0.4, 0.5) is 5.69 Å². The summed E-state index contributed by atoms with van der Waals surface area (Å²) in [7, 11) is 0. The van der Waals surface area contributed by atoms with Crippen molar-refractivity contribution in [3.05, 3.63) is 64.7 Å². The van der Waals surface area contributed by atoms with E-state index in [9.17, 15) is 4.79 Å². The van der Waals surface area contributed by atoms with Crippen LogP contribution >= 0.6 is 23.4 Å². The highest BCUT2D eigenvalue weighted by molar-refractivity contribution is 8.00. The summed E-state index contributed by atoms with van der Waals surface area (Å²) in [5.74, 6) is -0.0379. The van der Waals surface area contributed by atoms with Gasteiger partial charge in [-0.25, -0.2) is 4.98 Å². The van der Waals surface area contributed by atoms with Gasteiger partial charge in [-0.05, 0) is 55.7 Å². The van der Waals surface area contributed by atoms with Gasteiger partial charge in [-0.3, -0.25) is 4.79 Å². The lowest BCUT2D eigenvalue weighted by Gasteiger charge is -2.15. The van der Waals surface area contributed by atoms with Crippen molar-refractivity contribution in [2.45, 2.75) is 37.5 Å². The van der Waals surface area contributed by atoms with Crippen molar-refractivity contribution < 1.29 is 4.79 Å². The molecule has 1 atom stereocenters. The normalized spacial score (nSPS) is 12.2. The van der Waals surface area contributed by atoms with E-state index in [1.54, 1.807) is 12.1 Å². The van der Waals surface area contributed by atoms with Gasteiger partial charge in [-0.1, -0.05) is 54.6 Å². The first-order valence-corrected chi connectivity index (χ1v) is 9.83. The number of carbonyl (C=O) groups excluding carboxylic acids is 1. The third-order valence-electron chi connectivity index (χ3n) is 4.24. The van der Waals surface area contributed by atoms with E-state index in [1.807, 2.05) is 25.1 Å². The molecule has 0 aliphatic heterocycles. The fraction of sp³-hybridized carbons (Fsp3) is 0.238. The van der Waals surface area contributed by atoms with Crippen LogP contribution in [-0.2, 0) is 4.79 Å². The van der Waals surface area contributed by atoms with Gasteiger partial charge in [0.1, 0.15) is 0 Å². The Morgan fingerprint density at radius 2 is 1.92 bits per heavy atom. The molecule has 0 fully saturated rings.